The number of amides is 1. The Morgan fingerprint density at radius 2 is 1.68 bits per heavy atom. The number of benzene rings is 1. The molecular weight excluding hydrogens is 357 g/mol. The van der Waals surface area contributed by atoms with Crippen LogP contribution in [0.25, 0.3) is 11.1 Å². The second kappa shape index (κ2) is 9.76. The third-order valence-corrected chi connectivity index (χ3v) is 3.98. The van der Waals surface area contributed by atoms with Gasteiger partial charge in [-0.2, -0.15) is 0 Å². The third-order valence-electron chi connectivity index (χ3n) is 3.98. The molecule has 0 aliphatic heterocycles. The molecule has 0 bridgehead atoms. The smallest absolute Gasteiger partial charge is 0.237 e. The van der Waals surface area contributed by atoms with Crippen LogP contribution in [-0.4, -0.2) is 16.9 Å². The molecule has 2 aromatic rings. The number of aromatic nitrogens is 1. The van der Waals surface area contributed by atoms with Crippen molar-refractivity contribution in [2.45, 2.75) is 39.8 Å². The van der Waals surface area contributed by atoms with Crippen molar-refractivity contribution in [2.24, 2.45) is 11.1 Å². The molecule has 4 nitrogen and oxygen atoms in total. The monoisotopic (exact) mass is 383 g/mol. The summed E-state index contributed by atoms with van der Waals surface area (Å²) in [6.07, 6.45) is 3.59. The average molecular weight is 384 g/mol. The molecule has 25 heavy (non-hydrogen) atoms. The Balaban J connectivity index is 0.00000288. The number of carbonyl (C=O) groups excluding carboxylic acids is 1. The molecule has 1 aromatic heterocycles. The predicted octanol–water partition coefficient (Wildman–Crippen LogP) is 4.14. The zero-order valence-electron chi connectivity index (χ0n) is 15.0. The molecule has 0 saturated carbocycles. The van der Waals surface area contributed by atoms with Crippen LogP contribution in [0, 0.1) is 5.41 Å². The largest absolute Gasteiger partial charge is 0.348 e. The topological polar surface area (TPSA) is 68.0 Å². The standard InChI is InChI=1S/C19H25N3O.2ClH/c1-13(22-18(23)17(20)19(2,3)4)14-7-9-15(10-8-14)16-6-5-11-21-12-16;;/h5-13,17H,20H2,1-4H3,(H,22,23);2*1H/t13?,17-;;/m1../s1. The number of nitrogens with one attached hydrogen (secondary N) is 1. The molecule has 1 unspecified atom stereocenters. The number of carbonyl (C=O) groups is 1. The minimum Gasteiger partial charge on any atom is -0.348 e. The van der Waals surface area contributed by atoms with Crippen LogP contribution in [0.1, 0.15) is 39.3 Å². The Bertz CT molecular complexity index is 655. The Labute approximate surface area is 162 Å². The molecule has 0 spiro atoms. The fourth-order valence-corrected chi connectivity index (χ4v) is 2.28. The average Bonchev–Trinajstić information content (AvgIpc) is 2.54. The van der Waals surface area contributed by atoms with Crippen LogP contribution in [0.2, 0.25) is 0 Å². The van der Waals surface area contributed by atoms with Gasteiger partial charge in [0, 0.05) is 12.4 Å². The lowest BCUT2D eigenvalue weighted by Gasteiger charge is -2.27. The molecule has 0 saturated heterocycles. The molecule has 6 heteroatoms. The number of rotatable bonds is 4. The number of hydrogen-bond donors (Lipinski definition) is 2. The van der Waals surface area contributed by atoms with Crippen LogP contribution in [0.3, 0.4) is 0 Å². The van der Waals surface area contributed by atoms with Gasteiger partial charge in [-0.05, 0) is 35.1 Å². The van der Waals surface area contributed by atoms with Crippen molar-refractivity contribution in [3.63, 3.8) is 0 Å². The van der Waals surface area contributed by atoms with Gasteiger partial charge in [-0.3, -0.25) is 9.78 Å². The summed E-state index contributed by atoms with van der Waals surface area (Å²) in [5.74, 6) is -0.124. The van der Waals surface area contributed by atoms with E-state index >= 15 is 0 Å². The summed E-state index contributed by atoms with van der Waals surface area (Å²) in [4.78, 5) is 16.3. The van der Waals surface area contributed by atoms with Crippen LogP contribution in [0.5, 0.6) is 0 Å². The first-order valence-electron chi connectivity index (χ1n) is 7.85. The highest BCUT2D eigenvalue weighted by molar-refractivity contribution is 5.85. The van der Waals surface area contributed by atoms with Crippen LogP contribution in [-0.2, 0) is 4.79 Å². The number of pyridine rings is 1. The quantitative estimate of drug-likeness (QED) is 0.833. The van der Waals surface area contributed by atoms with Crippen LogP contribution in [0.4, 0.5) is 0 Å². The maximum absolute atomic E-state index is 12.2. The molecule has 1 heterocycles. The second-order valence-corrected chi connectivity index (χ2v) is 6.94. The molecule has 138 valence electrons. The molecule has 1 amide bonds. The van der Waals surface area contributed by atoms with Gasteiger partial charge in [-0.15, -0.1) is 24.8 Å². The first kappa shape index (κ1) is 23.4. The van der Waals surface area contributed by atoms with Crippen molar-refractivity contribution in [2.75, 3.05) is 0 Å². The predicted molar refractivity (Wildman–Crippen MR) is 108 cm³/mol. The fraction of sp³-hybridized carbons (Fsp3) is 0.368. The highest BCUT2D eigenvalue weighted by Crippen LogP contribution is 2.22. The van der Waals surface area contributed by atoms with Crippen LogP contribution >= 0.6 is 24.8 Å². The van der Waals surface area contributed by atoms with E-state index in [2.05, 4.69) is 10.3 Å². The molecule has 3 N–H and O–H groups in total. The van der Waals surface area contributed by atoms with E-state index in [4.69, 9.17) is 5.73 Å². The maximum atomic E-state index is 12.2. The van der Waals surface area contributed by atoms with Gasteiger partial charge in [-0.25, -0.2) is 0 Å². The summed E-state index contributed by atoms with van der Waals surface area (Å²) in [5.41, 5.74) is 8.97. The molecular formula is C19H27Cl2N3O. The van der Waals surface area contributed by atoms with Crippen molar-refractivity contribution in [1.29, 1.82) is 0 Å². The van der Waals surface area contributed by atoms with E-state index in [9.17, 15) is 4.79 Å². The van der Waals surface area contributed by atoms with Gasteiger partial charge in [0.05, 0.1) is 12.1 Å². The Morgan fingerprint density at radius 3 is 2.16 bits per heavy atom. The summed E-state index contributed by atoms with van der Waals surface area (Å²) in [5, 5.41) is 2.99. The molecule has 0 radical (unpaired) electrons. The Kier molecular flexibility index (Phi) is 9.12. The summed E-state index contributed by atoms with van der Waals surface area (Å²) >= 11 is 0. The van der Waals surface area contributed by atoms with Crippen molar-refractivity contribution >= 4 is 30.7 Å². The zero-order chi connectivity index (χ0) is 17.0. The Hall–Kier alpha value is -1.62. The first-order chi connectivity index (χ1) is 10.8. The maximum Gasteiger partial charge on any atom is 0.237 e. The molecule has 2 rings (SSSR count). The van der Waals surface area contributed by atoms with E-state index in [1.165, 1.54) is 0 Å². The highest BCUT2D eigenvalue weighted by Gasteiger charge is 2.28. The van der Waals surface area contributed by atoms with Gasteiger partial charge in [0.15, 0.2) is 0 Å². The first-order valence-corrected chi connectivity index (χ1v) is 7.85. The number of nitrogens with zero attached hydrogens (tertiary/aromatic N) is 1. The van der Waals surface area contributed by atoms with Crippen molar-refractivity contribution in [3.05, 3.63) is 54.4 Å². The lowest BCUT2D eigenvalue weighted by atomic mass is 9.86. The Morgan fingerprint density at radius 1 is 1.08 bits per heavy atom. The van der Waals surface area contributed by atoms with Gasteiger partial charge in [-0.1, -0.05) is 51.1 Å². The normalized spacial score (nSPS) is 13.0. The summed E-state index contributed by atoms with van der Waals surface area (Å²) < 4.78 is 0. The zero-order valence-corrected chi connectivity index (χ0v) is 16.7. The molecule has 2 atom stereocenters. The lowest BCUT2D eigenvalue weighted by molar-refractivity contribution is -0.125. The van der Waals surface area contributed by atoms with Crippen LogP contribution < -0.4 is 11.1 Å². The minimum atomic E-state index is -0.528. The highest BCUT2D eigenvalue weighted by atomic mass is 35.5. The van der Waals surface area contributed by atoms with E-state index in [1.54, 1.807) is 6.20 Å². The van der Waals surface area contributed by atoms with Crippen LogP contribution in [0.15, 0.2) is 48.8 Å². The van der Waals surface area contributed by atoms with Crippen molar-refractivity contribution in [1.82, 2.24) is 10.3 Å². The van der Waals surface area contributed by atoms with E-state index in [0.29, 0.717) is 0 Å². The number of halogens is 2. The third kappa shape index (κ3) is 6.31. The second-order valence-electron chi connectivity index (χ2n) is 6.94. The van der Waals surface area contributed by atoms with Gasteiger partial charge >= 0.3 is 0 Å². The van der Waals surface area contributed by atoms with Gasteiger partial charge in [0.1, 0.15) is 0 Å². The SMILES string of the molecule is CC(NC(=O)[C@@H](N)C(C)(C)C)c1ccc(-c2cccnc2)cc1.Cl.Cl. The van der Waals surface area contributed by atoms with Gasteiger partial charge in [0.25, 0.3) is 0 Å². The van der Waals surface area contributed by atoms with E-state index < -0.39 is 6.04 Å². The lowest BCUT2D eigenvalue weighted by Crippen LogP contribution is -2.49. The minimum absolute atomic E-state index is 0. The van der Waals surface area contributed by atoms with Crippen molar-refractivity contribution < 1.29 is 4.79 Å². The number of nitrogens with two attached hydrogens (primary N) is 1. The van der Waals surface area contributed by atoms with E-state index in [0.717, 1.165) is 16.7 Å². The molecule has 1 aromatic carbocycles. The summed E-state index contributed by atoms with van der Waals surface area (Å²) in [6.45, 7) is 7.85. The van der Waals surface area contributed by atoms with Gasteiger partial charge in [0.2, 0.25) is 5.91 Å². The van der Waals surface area contributed by atoms with E-state index in [-0.39, 0.29) is 42.2 Å². The fourth-order valence-electron chi connectivity index (χ4n) is 2.28. The van der Waals surface area contributed by atoms with E-state index in [1.807, 2.05) is 70.3 Å². The molecule has 0 fully saturated rings. The summed E-state index contributed by atoms with van der Waals surface area (Å²) in [6, 6.07) is 11.5. The molecule has 0 aliphatic carbocycles. The van der Waals surface area contributed by atoms with Gasteiger partial charge < -0.3 is 11.1 Å². The summed E-state index contributed by atoms with van der Waals surface area (Å²) in [7, 11) is 0. The van der Waals surface area contributed by atoms with Crippen molar-refractivity contribution in [3.8, 4) is 11.1 Å². The number of hydrogen-bond acceptors (Lipinski definition) is 3. The molecule has 0 aliphatic rings.